The summed E-state index contributed by atoms with van der Waals surface area (Å²) in [6.45, 7) is 3.84. The van der Waals surface area contributed by atoms with Gasteiger partial charge in [-0.05, 0) is 45.1 Å². The third kappa shape index (κ3) is 3.91. The lowest BCUT2D eigenvalue weighted by atomic mass is 9.81. The molecule has 1 fully saturated rings. The van der Waals surface area contributed by atoms with Gasteiger partial charge in [0, 0.05) is 23.2 Å². The van der Waals surface area contributed by atoms with Crippen molar-refractivity contribution < 1.29 is 13.2 Å². The second kappa shape index (κ2) is 6.98. The highest BCUT2D eigenvalue weighted by atomic mass is 19.4. The number of alkyl halides is 3. The summed E-state index contributed by atoms with van der Waals surface area (Å²) in [6.07, 6.45) is -0.308. The number of nitrogens with two attached hydrogens (primary N) is 1. The second-order valence-electron chi connectivity index (χ2n) is 8.11. The number of halogens is 3. The van der Waals surface area contributed by atoms with Gasteiger partial charge in [-0.3, -0.25) is 5.10 Å². The van der Waals surface area contributed by atoms with Crippen LogP contribution in [-0.2, 0) is 6.18 Å². The van der Waals surface area contributed by atoms with E-state index in [1.165, 1.54) is 0 Å². The monoisotopic (exact) mass is 404 g/mol. The highest BCUT2D eigenvalue weighted by molar-refractivity contribution is 5.94. The van der Waals surface area contributed by atoms with Crippen molar-refractivity contribution in [3.63, 3.8) is 0 Å². The number of fused-ring (bicyclic) bond motifs is 1. The van der Waals surface area contributed by atoms with Crippen LogP contribution in [0.15, 0.2) is 24.4 Å². The summed E-state index contributed by atoms with van der Waals surface area (Å²) in [5.74, 6) is 0.158. The first-order chi connectivity index (χ1) is 13.6. The minimum atomic E-state index is -4.59. The van der Waals surface area contributed by atoms with Crippen molar-refractivity contribution in [3.8, 4) is 11.4 Å². The lowest BCUT2D eigenvalue weighted by Gasteiger charge is -2.35. The van der Waals surface area contributed by atoms with E-state index in [2.05, 4.69) is 25.5 Å². The van der Waals surface area contributed by atoms with Crippen molar-refractivity contribution in [1.82, 2.24) is 20.2 Å². The number of nitrogens with one attached hydrogen (secondary N) is 2. The van der Waals surface area contributed by atoms with E-state index < -0.39 is 11.7 Å². The number of rotatable bonds is 3. The third-order valence-corrected chi connectivity index (χ3v) is 5.46. The Morgan fingerprint density at radius 3 is 2.83 bits per heavy atom. The van der Waals surface area contributed by atoms with Crippen molar-refractivity contribution >= 4 is 16.9 Å². The lowest BCUT2D eigenvalue weighted by molar-refractivity contribution is -0.137. The van der Waals surface area contributed by atoms with Gasteiger partial charge in [0.15, 0.2) is 0 Å². The van der Waals surface area contributed by atoms with Gasteiger partial charge in [0.05, 0.1) is 11.2 Å². The fourth-order valence-corrected chi connectivity index (χ4v) is 4.04. The fourth-order valence-electron chi connectivity index (χ4n) is 4.04. The largest absolute Gasteiger partial charge is 0.420 e. The number of aromatic amines is 1. The van der Waals surface area contributed by atoms with Crippen molar-refractivity contribution in [2.75, 3.05) is 5.32 Å². The number of hydrogen-bond donors (Lipinski definition) is 3. The van der Waals surface area contributed by atoms with Crippen LogP contribution in [0.5, 0.6) is 0 Å². The maximum absolute atomic E-state index is 13.7. The Bertz CT molecular complexity index is 1040. The molecule has 29 heavy (non-hydrogen) atoms. The first kappa shape index (κ1) is 19.6. The van der Waals surface area contributed by atoms with Crippen molar-refractivity contribution in [3.05, 3.63) is 35.5 Å². The Kier molecular flexibility index (Phi) is 4.72. The van der Waals surface area contributed by atoms with Crippen LogP contribution in [0.4, 0.5) is 19.1 Å². The Balaban J connectivity index is 1.77. The van der Waals surface area contributed by atoms with Gasteiger partial charge in [-0.2, -0.15) is 18.3 Å². The molecule has 1 saturated carbocycles. The van der Waals surface area contributed by atoms with Gasteiger partial charge in [-0.1, -0.05) is 18.2 Å². The molecule has 2 atom stereocenters. The molecule has 2 heterocycles. The number of para-hydroxylation sites is 1. The summed E-state index contributed by atoms with van der Waals surface area (Å²) < 4.78 is 41.0. The van der Waals surface area contributed by atoms with Crippen LogP contribution in [0.1, 0.15) is 43.7 Å². The molecule has 9 heteroatoms. The van der Waals surface area contributed by atoms with E-state index in [-0.39, 0.29) is 28.9 Å². The molecule has 0 spiro atoms. The lowest BCUT2D eigenvalue weighted by Crippen LogP contribution is -2.45. The first-order valence-corrected chi connectivity index (χ1v) is 9.58. The molecule has 3 aromatic rings. The fraction of sp³-hybridized carbons (Fsp3) is 0.450. The number of benzene rings is 1. The third-order valence-electron chi connectivity index (χ3n) is 5.46. The van der Waals surface area contributed by atoms with E-state index in [4.69, 9.17) is 5.73 Å². The molecule has 0 unspecified atom stereocenters. The van der Waals surface area contributed by atoms with E-state index in [0.717, 1.165) is 31.0 Å². The van der Waals surface area contributed by atoms with E-state index in [1.807, 2.05) is 19.9 Å². The van der Waals surface area contributed by atoms with E-state index in [9.17, 15) is 13.2 Å². The van der Waals surface area contributed by atoms with Gasteiger partial charge in [-0.25, -0.2) is 9.97 Å². The van der Waals surface area contributed by atoms with Crippen LogP contribution >= 0.6 is 0 Å². The average molecular weight is 404 g/mol. The standard InChI is InChI=1S/C20H23F3N6/c1-11-5-3-7-13-15(11)28-29-16(13)17-14(20(21,22)23)10-25-18(27-17)26-12-6-4-8-19(2,24)9-12/h3,5,7,10,12H,4,6,8-9,24H2,1-2H3,(H,28,29)(H,25,26,27)/t12-,19+/m1/s1. The summed E-state index contributed by atoms with van der Waals surface area (Å²) in [6, 6.07) is 5.40. The van der Waals surface area contributed by atoms with Crippen molar-refractivity contribution in [2.24, 2.45) is 5.73 Å². The number of nitrogens with zero attached hydrogens (tertiary/aromatic N) is 3. The Morgan fingerprint density at radius 2 is 2.10 bits per heavy atom. The molecular formula is C20H23F3N6. The van der Waals surface area contributed by atoms with Crippen LogP contribution in [-0.4, -0.2) is 31.7 Å². The van der Waals surface area contributed by atoms with Crippen LogP contribution in [0.2, 0.25) is 0 Å². The van der Waals surface area contributed by atoms with Gasteiger partial charge in [0.2, 0.25) is 5.95 Å². The zero-order valence-corrected chi connectivity index (χ0v) is 16.3. The van der Waals surface area contributed by atoms with Crippen molar-refractivity contribution in [1.29, 1.82) is 0 Å². The molecule has 1 aromatic carbocycles. The average Bonchev–Trinajstić information content (AvgIpc) is 3.05. The molecule has 0 aliphatic heterocycles. The van der Waals surface area contributed by atoms with E-state index in [0.29, 0.717) is 17.3 Å². The normalized spacial score (nSPS) is 22.8. The van der Waals surface area contributed by atoms with Gasteiger partial charge >= 0.3 is 6.18 Å². The van der Waals surface area contributed by atoms with Crippen LogP contribution in [0.3, 0.4) is 0 Å². The minimum absolute atomic E-state index is 0.0177. The molecule has 0 amide bonds. The zero-order chi connectivity index (χ0) is 20.8. The Labute approximate surface area is 166 Å². The number of hydrogen-bond acceptors (Lipinski definition) is 5. The molecule has 1 aliphatic carbocycles. The molecule has 0 radical (unpaired) electrons. The Hall–Kier alpha value is -2.68. The highest BCUT2D eigenvalue weighted by Gasteiger charge is 2.37. The molecule has 0 bridgehead atoms. The van der Waals surface area contributed by atoms with E-state index >= 15 is 0 Å². The smallest absolute Gasteiger partial charge is 0.351 e. The number of H-pyrrole nitrogens is 1. The molecule has 6 nitrogen and oxygen atoms in total. The molecular weight excluding hydrogens is 381 g/mol. The van der Waals surface area contributed by atoms with Crippen LogP contribution in [0, 0.1) is 6.92 Å². The summed E-state index contributed by atoms with van der Waals surface area (Å²) in [4.78, 5) is 8.19. The highest BCUT2D eigenvalue weighted by Crippen LogP contribution is 2.38. The topological polar surface area (TPSA) is 92.5 Å². The minimum Gasteiger partial charge on any atom is -0.351 e. The van der Waals surface area contributed by atoms with Gasteiger partial charge in [-0.15, -0.1) is 0 Å². The molecule has 1 aliphatic rings. The quantitative estimate of drug-likeness (QED) is 0.601. The predicted octanol–water partition coefficient (Wildman–Crippen LogP) is 4.42. The van der Waals surface area contributed by atoms with Gasteiger partial charge in [0.25, 0.3) is 0 Å². The summed E-state index contributed by atoms with van der Waals surface area (Å²) in [7, 11) is 0. The summed E-state index contributed by atoms with van der Waals surface area (Å²) >= 11 is 0. The second-order valence-corrected chi connectivity index (χ2v) is 8.11. The molecule has 2 aromatic heterocycles. The first-order valence-electron chi connectivity index (χ1n) is 9.58. The SMILES string of the molecule is Cc1cccc2c(-c3nc(N[C@@H]4CCC[C@](C)(N)C4)ncc3C(F)(F)F)[nH]nc12. The van der Waals surface area contributed by atoms with Crippen molar-refractivity contribution in [2.45, 2.75) is 57.3 Å². The number of aryl methyl sites for hydroxylation is 1. The number of anilines is 1. The molecule has 4 N–H and O–H groups in total. The van der Waals surface area contributed by atoms with Gasteiger partial charge in [0.1, 0.15) is 11.3 Å². The Morgan fingerprint density at radius 1 is 1.31 bits per heavy atom. The number of aromatic nitrogens is 4. The van der Waals surface area contributed by atoms with E-state index in [1.54, 1.807) is 12.1 Å². The summed E-state index contributed by atoms with van der Waals surface area (Å²) in [5.41, 5.74) is 6.55. The van der Waals surface area contributed by atoms with Crippen LogP contribution < -0.4 is 11.1 Å². The molecule has 154 valence electrons. The summed E-state index contributed by atoms with van der Waals surface area (Å²) in [5, 5.41) is 10.7. The molecule has 4 rings (SSSR count). The maximum Gasteiger partial charge on any atom is 0.420 e. The van der Waals surface area contributed by atoms with Gasteiger partial charge < -0.3 is 11.1 Å². The van der Waals surface area contributed by atoms with Crippen LogP contribution in [0.25, 0.3) is 22.3 Å². The predicted molar refractivity (Wildman–Crippen MR) is 105 cm³/mol. The maximum atomic E-state index is 13.7. The molecule has 0 saturated heterocycles. The zero-order valence-electron chi connectivity index (χ0n) is 16.3.